The van der Waals surface area contributed by atoms with E-state index in [4.69, 9.17) is 5.21 Å². The summed E-state index contributed by atoms with van der Waals surface area (Å²) in [5.41, 5.74) is 0.712. The molecule has 3 rings (SSSR count). The van der Waals surface area contributed by atoms with Gasteiger partial charge in [-0.05, 0) is 24.6 Å². The number of carbonyl (C=O) groups is 1. The molecular formula is C16H15N3O3. The van der Waals surface area contributed by atoms with Crippen molar-refractivity contribution in [2.45, 2.75) is 12.5 Å². The number of nitrogens with one attached hydrogen (secondary N) is 2. The van der Waals surface area contributed by atoms with Gasteiger partial charge in [-0.3, -0.25) is 4.79 Å². The highest BCUT2D eigenvalue weighted by atomic mass is 16.8. The molecule has 0 saturated carbocycles. The zero-order valence-corrected chi connectivity index (χ0v) is 11.9. The second-order valence-corrected chi connectivity index (χ2v) is 5.24. The molecule has 0 saturated heterocycles. The summed E-state index contributed by atoms with van der Waals surface area (Å²) < 4.78 is 0. The molecule has 0 aliphatic carbocycles. The monoisotopic (exact) mass is 297 g/mol. The highest BCUT2D eigenvalue weighted by Gasteiger charge is 2.40. The van der Waals surface area contributed by atoms with Crippen LogP contribution in [0, 0.1) is 5.21 Å². The first-order chi connectivity index (χ1) is 10.5. The fourth-order valence-corrected chi connectivity index (χ4v) is 2.40. The topological polar surface area (TPSA) is 89.2 Å². The molecule has 0 radical (unpaired) electrons. The predicted octanol–water partition coefficient (Wildman–Crippen LogP) is 0.882. The van der Waals surface area contributed by atoms with Crippen LogP contribution in [0.3, 0.4) is 0 Å². The first-order valence-corrected chi connectivity index (χ1v) is 6.81. The van der Waals surface area contributed by atoms with Crippen molar-refractivity contribution in [1.29, 1.82) is 0 Å². The first-order valence-electron chi connectivity index (χ1n) is 6.81. The van der Waals surface area contributed by atoms with Crippen LogP contribution in [-0.4, -0.2) is 17.0 Å². The van der Waals surface area contributed by atoms with Crippen molar-refractivity contribution < 1.29 is 15.2 Å². The molecule has 1 heterocycles. The molecule has 1 amide bonds. The summed E-state index contributed by atoms with van der Waals surface area (Å²) in [7, 11) is 0. The molecule has 1 unspecified atom stereocenters. The van der Waals surface area contributed by atoms with Crippen LogP contribution in [-0.2, 0) is 10.3 Å². The number of benzene rings is 2. The van der Waals surface area contributed by atoms with E-state index < -0.39 is 10.8 Å². The highest BCUT2D eigenvalue weighted by Crippen LogP contribution is 2.30. The lowest BCUT2D eigenvalue weighted by atomic mass is 9.93. The molecule has 22 heavy (non-hydrogen) atoms. The Labute approximate surface area is 127 Å². The number of hydrogen-bond donors (Lipinski definition) is 3. The number of amides is 1. The van der Waals surface area contributed by atoms with Crippen molar-refractivity contribution in [3.63, 3.8) is 0 Å². The van der Waals surface area contributed by atoms with Crippen LogP contribution >= 0.6 is 0 Å². The van der Waals surface area contributed by atoms with Gasteiger partial charge in [0.2, 0.25) is 0 Å². The second-order valence-electron chi connectivity index (χ2n) is 5.24. The number of rotatable bonds is 3. The summed E-state index contributed by atoms with van der Waals surface area (Å²) in [5, 5.41) is 21.6. The molecule has 112 valence electrons. The van der Waals surface area contributed by atoms with Gasteiger partial charge < -0.3 is 10.5 Å². The van der Waals surface area contributed by atoms with E-state index in [0.29, 0.717) is 11.4 Å². The number of amidine groups is 1. The molecular weight excluding hydrogens is 282 g/mol. The molecule has 0 spiro atoms. The number of quaternary nitrogens is 1. The third-order valence-corrected chi connectivity index (χ3v) is 3.75. The average molecular weight is 297 g/mol. The van der Waals surface area contributed by atoms with E-state index >= 15 is 0 Å². The van der Waals surface area contributed by atoms with Gasteiger partial charge in [0.25, 0.3) is 5.91 Å². The Kier molecular flexibility index (Phi) is 3.50. The standard InChI is InChI=1S/C16H15N3O3/c1-16(12-5-3-2-4-6-12)15(20)17-14(18-16)11-7-9-13(10-8-11)19(21)22/h2-10,19,21H,1H3,(H,17,18,20)/t16-/m0/s1. The van der Waals surface area contributed by atoms with Crippen molar-refractivity contribution >= 4 is 17.4 Å². The van der Waals surface area contributed by atoms with E-state index in [2.05, 4.69) is 10.3 Å². The summed E-state index contributed by atoms with van der Waals surface area (Å²) in [6.07, 6.45) is 0. The van der Waals surface area contributed by atoms with Crippen LogP contribution < -0.4 is 10.5 Å². The minimum atomic E-state index is -0.988. The summed E-state index contributed by atoms with van der Waals surface area (Å²) in [5.74, 6) is 0.254. The van der Waals surface area contributed by atoms with Crippen molar-refractivity contribution in [3.8, 4) is 0 Å². The summed E-state index contributed by atoms with van der Waals surface area (Å²) >= 11 is 0. The normalized spacial score (nSPS) is 22.1. The van der Waals surface area contributed by atoms with Crippen molar-refractivity contribution in [2.24, 2.45) is 4.99 Å². The van der Waals surface area contributed by atoms with Crippen molar-refractivity contribution in [1.82, 2.24) is 5.32 Å². The quantitative estimate of drug-likeness (QED) is 0.735. The summed E-state index contributed by atoms with van der Waals surface area (Å²) in [6, 6.07) is 15.6. The van der Waals surface area contributed by atoms with Gasteiger partial charge in [-0.25, -0.2) is 10.2 Å². The molecule has 2 aromatic rings. The predicted molar refractivity (Wildman–Crippen MR) is 80.7 cm³/mol. The van der Waals surface area contributed by atoms with E-state index in [0.717, 1.165) is 5.56 Å². The van der Waals surface area contributed by atoms with Gasteiger partial charge in [-0.15, -0.1) is 0 Å². The van der Waals surface area contributed by atoms with Gasteiger partial charge >= 0.3 is 0 Å². The Morgan fingerprint density at radius 3 is 2.36 bits per heavy atom. The Balaban J connectivity index is 1.96. The number of carbonyl (C=O) groups excluding carboxylic acids is 1. The highest BCUT2D eigenvalue weighted by molar-refractivity contribution is 6.15. The molecule has 2 atom stereocenters. The first kappa shape index (κ1) is 14.4. The van der Waals surface area contributed by atoms with Crippen LogP contribution in [0.4, 0.5) is 5.69 Å². The van der Waals surface area contributed by atoms with Crippen LogP contribution in [0.25, 0.3) is 0 Å². The summed E-state index contributed by atoms with van der Waals surface area (Å²) in [4.78, 5) is 16.9. The maximum atomic E-state index is 12.3. The molecule has 0 bridgehead atoms. The van der Waals surface area contributed by atoms with Gasteiger partial charge in [0.15, 0.2) is 11.2 Å². The smallest absolute Gasteiger partial charge is 0.257 e. The minimum Gasteiger partial charge on any atom is -0.595 e. The van der Waals surface area contributed by atoms with Gasteiger partial charge in [0, 0.05) is 17.7 Å². The largest absolute Gasteiger partial charge is 0.595 e. The van der Waals surface area contributed by atoms with E-state index in [-0.39, 0.29) is 11.6 Å². The van der Waals surface area contributed by atoms with Crippen LogP contribution in [0.1, 0.15) is 18.1 Å². The fraction of sp³-hybridized carbons (Fsp3) is 0.125. The lowest BCUT2D eigenvalue weighted by Crippen LogP contribution is -2.99. The molecule has 6 heteroatoms. The summed E-state index contributed by atoms with van der Waals surface area (Å²) in [6.45, 7) is 1.76. The van der Waals surface area contributed by atoms with Gasteiger partial charge in [-0.2, -0.15) is 5.23 Å². The van der Waals surface area contributed by atoms with Gasteiger partial charge in [0.1, 0.15) is 5.84 Å². The molecule has 3 N–H and O–H groups in total. The third kappa shape index (κ3) is 2.39. The zero-order valence-electron chi connectivity index (χ0n) is 11.9. The zero-order chi connectivity index (χ0) is 15.7. The Hall–Kier alpha value is -2.54. The van der Waals surface area contributed by atoms with Gasteiger partial charge in [0.05, 0.1) is 0 Å². The van der Waals surface area contributed by atoms with Crippen LogP contribution in [0.2, 0.25) is 0 Å². The molecule has 6 nitrogen and oxygen atoms in total. The van der Waals surface area contributed by atoms with Crippen LogP contribution in [0.15, 0.2) is 59.6 Å². The van der Waals surface area contributed by atoms with Gasteiger partial charge in [-0.1, -0.05) is 30.3 Å². The fourth-order valence-electron chi connectivity index (χ4n) is 2.40. The maximum Gasteiger partial charge on any atom is 0.257 e. The van der Waals surface area contributed by atoms with E-state index in [9.17, 15) is 10.0 Å². The average Bonchev–Trinajstić information content (AvgIpc) is 2.85. The number of nitrogens with zero attached hydrogens (tertiary/aromatic N) is 1. The Morgan fingerprint density at radius 2 is 1.77 bits per heavy atom. The lowest BCUT2D eigenvalue weighted by molar-refractivity contribution is -0.991. The molecule has 2 aromatic carbocycles. The molecule has 0 aromatic heterocycles. The Morgan fingerprint density at radius 1 is 1.14 bits per heavy atom. The lowest BCUT2D eigenvalue weighted by Gasteiger charge is -2.17. The van der Waals surface area contributed by atoms with E-state index in [1.807, 2.05) is 30.3 Å². The molecule has 0 fully saturated rings. The SMILES string of the molecule is C[C@@]1(c2ccccc2)N=C(c2ccc([NH+]([O-])O)cc2)NC1=O. The second kappa shape index (κ2) is 5.34. The Bertz CT molecular complexity index is 726. The molecule has 1 aliphatic heterocycles. The van der Waals surface area contributed by atoms with Crippen LogP contribution in [0.5, 0.6) is 0 Å². The minimum absolute atomic E-state index is 0.194. The van der Waals surface area contributed by atoms with Crippen molar-refractivity contribution in [3.05, 3.63) is 70.9 Å². The third-order valence-electron chi connectivity index (χ3n) is 3.75. The van der Waals surface area contributed by atoms with E-state index in [1.165, 1.54) is 12.1 Å². The molecule has 1 aliphatic rings. The van der Waals surface area contributed by atoms with E-state index in [1.54, 1.807) is 19.1 Å². The number of hydrogen-bond acceptors (Lipinski definition) is 4. The number of aliphatic imine (C=N–C) groups is 1. The van der Waals surface area contributed by atoms with Crippen molar-refractivity contribution in [2.75, 3.05) is 0 Å². The maximum absolute atomic E-state index is 12.3.